The van der Waals surface area contributed by atoms with E-state index in [4.69, 9.17) is 14.2 Å². The molecule has 32 heavy (non-hydrogen) atoms. The maximum atomic E-state index is 11.4. The highest BCUT2D eigenvalue weighted by atomic mass is 16.5. The van der Waals surface area contributed by atoms with Crippen molar-refractivity contribution < 1.29 is 34.3 Å². The first-order valence-corrected chi connectivity index (χ1v) is 11.5. The van der Waals surface area contributed by atoms with Crippen LogP contribution in [0.3, 0.4) is 0 Å². The van der Waals surface area contributed by atoms with E-state index < -0.39 is 24.3 Å². The van der Waals surface area contributed by atoms with Crippen molar-refractivity contribution in [2.75, 3.05) is 19.8 Å². The van der Waals surface area contributed by atoms with Crippen LogP contribution in [0.25, 0.3) is 0 Å². The SMILES string of the molecule is CC(C)C(OC[C@@H]1CC[C@@H]2[C@@H](/C=C/[C@@H](O)COc3ccccc3)[C@H](O)C[C@@H]2OC1)C(=O)O. The fourth-order valence-corrected chi connectivity index (χ4v) is 4.65. The average molecular weight is 449 g/mol. The smallest absolute Gasteiger partial charge is 0.333 e. The quantitative estimate of drug-likeness (QED) is 0.473. The highest BCUT2D eigenvalue weighted by molar-refractivity contribution is 5.72. The number of aliphatic carboxylic acids is 1. The Balaban J connectivity index is 1.50. The lowest BCUT2D eigenvalue weighted by Gasteiger charge is -2.22. The summed E-state index contributed by atoms with van der Waals surface area (Å²) in [5.41, 5.74) is 0. The molecule has 1 aromatic carbocycles. The molecule has 0 spiro atoms. The molecule has 2 fully saturated rings. The number of benzene rings is 1. The van der Waals surface area contributed by atoms with Crippen LogP contribution >= 0.6 is 0 Å². The number of hydrogen-bond donors (Lipinski definition) is 3. The van der Waals surface area contributed by atoms with Crippen LogP contribution in [0, 0.1) is 23.7 Å². The molecule has 1 aliphatic carbocycles. The van der Waals surface area contributed by atoms with Crippen LogP contribution in [-0.4, -0.2) is 65.5 Å². The molecular formula is C25H36O7. The zero-order chi connectivity index (χ0) is 23.1. The summed E-state index contributed by atoms with van der Waals surface area (Å²) in [5.74, 6) is -0.126. The van der Waals surface area contributed by atoms with Gasteiger partial charge >= 0.3 is 5.97 Å². The predicted molar refractivity (Wildman–Crippen MR) is 119 cm³/mol. The Hall–Kier alpha value is -1.93. The monoisotopic (exact) mass is 448 g/mol. The third kappa shape index (κ3) is 6.78. The summed E-state index contributed by atoms with van der Waals surface area (Å²) in [6.07, 6.45) is 3.75. The molecule has 7 nitrogen and oxygen atoms in total. The van der Waals surface area contributed by atoms with E-state index in [2.05, 4.69) is 0 Å². The summed E-state index contributed by atoms with van der Waals surface area (Å²) in [7, 11) is 0. The number of rotatable bonds is 10. The molecule has 3 rings (SSSR count). The van der Waals surface area contributed by atoms with Crippen molar-refractivity contribution in [3.63, 3.8) is 0 Å². The van der Waals surface area contributed by atoms with Crippen molar-refractivity contribution in [1.82, 2.24) is 0 Å². The number of aliphatic hydroxyl groups is 2. The second-order valence-corrected chi connectivity index (χ2v) is 9.27. The standard InChI is InChI=1S/C25H36O7/c1-16(2)24(25(28)29)32-14-17-8-10-21-20(22(27)12-23(21)31-13-17)11-9-18(26)15-30-19-6-4-3-5-7-19/h3-7,9,11,16-18,20-24,26-27H,8,10,12-15H2,1-2H3,(H,28,29)/b11-9+/t17-,18-,20-,21-,22-,23+,24?/m1/s1. The van der Waals surface area contributed by atoms with Gasteiger partial charge in [-0.2, -0.15) is 0 Å². The first-order chi connectivity index (χ1) is 15.3. The first-order valence-electron chi connectivity index (χ1n) is 11.5. The van der Waals surface area contributed by atoms with E-state index in [9.17, 15) is 20.1 Å². The van der Waals surface area contributed by atoms with Crippen molar-refractivity contribution >= 4 is 5.97 Å². The Kier molecular flexibility index (Phi) is 9.11. The predicted octanol–water partition coefficient (Wildman–Crippen LogP) is 2.90. The minimum Gasteiger partial charge on any atom is -0.491 e. The van der Waals surface area contributed by atoms with Crippen LogP contribution in [0.4, 0.5) is 0 Å². The molecule has 0 amide bonds. The molecule has 1 unspecified atom stereocenters. The summed E-state index contributed by atoms with van der Waals surface area (Å²) in [6, 6.07) is 9.33. The maximum absolute atomic E-state index is 11.4. The summed E-state index contributed by atoms with van der Waals surface area (Å²) >= 11 is 0. The molecule has 2 aliphatic rings. The summed E-state index contributed by atoms with van der Waals surface area (Å²) in [6.45, 7) is 4.68. The number of fused-ring (bicyclic) bond motifs is 1. The van der Waals surface area contributed by atoms with Crippen LogP contribution in [0.5, 0.6) is 5.75 Å². The third-order valence-corrected chi connectivity index (χ3v) is 6.42. The van der Waals surface area contributed by atoms with Gasteiger partial charge in [0.2, 0.25) is 0 Å². The maximum Gasteiger partial charge on any atom is 0.333 e. The molecule has 0 bridgehead atoms. The van der Waals surface area contributed by atoms with E-state index in [0.717, 1.165) is 12.8 Å². The second-order valence-electron chi connectivity index (χ2n) is 9.27. The molecule has 1 saturated heterocycles. The van der Waals surface area contributed by atoms with Crippen LogP contribution in [0.1, 0.15) is 33.1 Å². The van der Waals surface area contributed by atoms with Gasteiger partial charge in [0.05, 0.1) is 25.4 Å². The first kappa shape index (κ1) is 24.7. The second kappa shape index (κ2) is 11.8. The average Bonchev–Trinajstić information content (AvgIpc) is 2.92. The number of carboxylic acid groups (broad SMARTS) is 1. The van der Waals surface area contributed by atoms with Crippen LogP contribution in [0.2, 0.25) is 0 Å². The van der Waals surface area contributed by atoms with Gasteiger partial charge in [-0.3, -0.25) is 0 Å². The van der Waals surface area contributed by atoms with Gasteiger partial charge in [-0.1, -0.05) is 44.2 Å². The number of carboxylic acids is 1. The molecular weight excluding hydrogens is 412 g/mol. The van der Waals surface area contributed by atoms with Gasteiger partial charge in [0.15, 0.2) is 6.10 Å². The lowest BCUT2D eigenvalue weighted by atomic mass is 9.87. The van der Waals surface area contributed by atoms with Gasteiger partial charge in [0.25, 0.3) is 0 Å². The van der Waals surface area contributed by atoms with Crippen LogP contribution < -0.4 is 4.74 Å². The Bertz CT molecular complexity index is 735. The Morgan fingerprint density at radius 2 is 2.00 bits per heavy atom. The van der Waals surface area contributed by atoms with E-state index in [1.807, 2.05) is 50.3 Å². The molecule has 178 valence electrons. The highest BCUT2D eigenvalue weighted by Gasteiger charge is 2.43. The van der Waals surface area contributed by atoms with Gasteiger partial charge in [0, 0.05) is 18.3 Å². The van der Waals surface area contributed by atoms with Crippen molar-refractivity contribution in [2.24, 2.45) is 23.7 Å². The van der Waals surface area contributed by atoms with Crippen molar-refractivity contribution in [3.8, 4) is 5.75 Å². The summed E-state index contributed by atoms with van der Waals surface area (Å²) < 4.78 is 17.4. The topological polar surface area (TPSA) is 105 Å². The summed E-state index contributed by atoms with van der Waals surface area (Å²) in [4.78, 5) is 11.4. The van der Waals surface area contributed by atoms with Gasteiger partial charge in [0.1, 0.15) is 18.5 Å². The molecule has 1 aromatic rings. The number of ether oxygens (including phenoxy) is 3. The van der Waals surface area contributed by atoms with Crippen molar-refractivity contribution in [3.05, 3.63) is 42.5 Å². The Morgan fingerprint density at radius 1 is 1.25 bits per heavy atom. The molecule has 1 heterocycles. The normalized spacial score (nSPS) is 30.1. The van der Waals surface area contributed by atoms with Crippen LogP contribution in [0.15, 0.2) is 42.5 Å². The number of hydrogen-bond acceptors (Lipinski definition) is 6. The highest BCUT2D eigenvalue weighted by Crippen LogP contribution is 2.41. The largest absolute Gasteiger partial charge is 0.491 e. The fraction of sp³-hybridized carbons (Fsp3) is 0.640. The van der Waals surface area contributed by atoms with E-state index in [1.54, 1.807) is 6.08 Å². The van der Waals surface area contributed by atoms with Crippen molar-refractivity contribution in [1.29, 1.82) is 0 Å². The van der Waals surface area contributed by atoms with E-state index in [1.165, 1.54) is 0 Å². The van der Waals surface area contributed by atoms with Crippen molar-refractivity contribution in [2.45, 2.75) is 57.5 Å². The number of carbonyl (C=O) groups is 1. The fourth-order valence-electron chi connectivity index (χ4n) is 4.65. The number of aliphatic hydroxyl groups excluding tert-OH is 2. The van der Waals surface area contributed by atoms with Gasteiger partial charge in [-0.25, -0.2) is 4.79 Å². The molecule has 0 radical (unpaired) electrons. The number of para-hydroxylation sites is 1. The zero-order valence-corrected chi connectivity index (χ0v) is 18.9. The third-order valence-electron chi connectivity index (χ3n) is 6.42. The van der Waals surface area contributed by atoms with Crippen LogP contribution in [-0.2, 0) is 14.3 Å². The minimum absolute atomic E-state index is 0.0391. The molecule has 7 heteroatoms. The van der Waals surface area contributed by atoms with E-state index in [0.29, 0.717) is 25.4 Å². The molecule has 1 saturated carbocycles. The van der Waals surface area contributed by atoms with Gasteiger partial charge in [-0.15, -0.1) is 0 Å². The Morgan fingerprint density at radius 3 is 2.69 bits per heavy atom. The van der Waals surface area contributed by atoms with E-state index in [-0.39, 0.29) is 36.4 Å². The van der Waals surface area contributed by atoms with E-state index >= 15 is 0 Å². The zero-order valence-electron chi connectivity index (χ0n) is 18.9. The Labute approximate surface area is 190 Å². The lowest BCUT2D eigenvalue weighted by molar-refractivity contribution is -0.155. The summed E-state index contributed by atoms with van der Waals surface area (Å²) in [5, 5.41) is 30.1. The lowest BCUT2D eigenvalue weighted by Crippen LogP contribution is -2.32. The minimum atomic E-state index is -0.936. The van der Waals surface area contributed by atoms with Gasteiger partial charge < -0.3 is 29.5 Å². The molecule has 3 N–H and O–H groups in total. The molecule has 1 aliphatic heterocycles. The van der Waals surface area contributed by atoms with Gasteiger partial charge in [-0.05, 0) is 36.8 Å². The molecule has 0 aromatic heterocycles. The molecule has 7 atom stereocenters.